The fraction of sp³-hybridized carbons (Fsp3) is 0.250. The summed E-state index contributed by atoms with van der Waals surface area (Å²) in [7, 11) is 3.40. The summed E-state index contributed by atoms with van der Waals surface area (Å²) in [6.45, 7) is 0.965. The van der Waals surface area contributed by atoms with Crippen LogP contribution >= 0.6 is 0 Å². The summed E-state index contributed by atoms with van der Waals surface area (Å²) in [5, 5.41) is 3.08. The number of methoxy groups -OCH3 is 1. The highest BCUT2D eigenvalue weighted by Crippen LogP contribution is 2.19. The number of benzene rings is 2. The maximum Gasteiger partial charge on any atom is 0.133 e. The van der Waals surface area contributed by atoms with Crippen molar-refractivity contribution in [2.45, 2.75) is 13.2 Å². The van der Waals surface area contributed by atoms with E-state index in [0.29, 0.717) is 11.3 Å². The van der Waals surface area contributed by atoms with Crippen molar-refractivity contribution in [1.82, 2.24) is 5.32 Å². The Kier molecular flexibility index (Phi) is 4.96. The molecule has 0 unspecified atom stereocenters. The van der Waals surface area contributed by atoms with E-state index in [1.54, 1.807) is 12.1 Å². The molecule has 3 nitrogen and oxygen atoms in total. The molecule has 0 aromatic heterocycles. The lowest BCUT2D eigenvalue weighted by Gasteiger charge is -2.09. The molecule has 20 heavy (non-hydrogen) atoms. The van der Waals surface area contributed by atoms with Crippen LogP contribution in [0.5, 0.6) is 11.5 Å². The third-order valence-corrected chi connectivity index (χ3v) is 2.93. The lowest BCUT2D eigenvalue weighted by atomic mass is 10.2. The molecule has 0 aliphatic carbocycles. The van der Waals surface area contributed by atoms with E-state index in [4.69, 9.17) is 9.47 Å². The van der Waals surface area contributed by atoms with Crippen molar-refractivity contribution in [2.24, 2.45) is 0 Å². The molecule has 106 valence electrons. The van der Waals surface area contributed by atoms with Gasteiger partial charge in [0.1, 0.15) is 23.9 Å². The second kappa shape index (κ2) is 6.91. The number of nitrogens with one attached hydrogen (secondary N) is 1. The van der Waals surface area contributed by atoms with Gasteiger partial charge in [0, 0.05) is 18.2 Å². The summed E-state index contributed by atoms with van der Waals surface area (Å²) >= 11 is 0. The van der Waals surface area contributed by atoms with Gasteiger partial charge in [-0.25, -0.2) is 4.39 Å². The fourth-order valence-electron chi connectivity index (χ4n) is 1.88. The molecule has 0 amide bonds. The molecular weight excluding hydrogens is 257 g/mol. The Bertz CT molecular complexity index is 572. The Morgan fingerprint density at radius 2 is 1.95 bits per heavy atom. The van der Waals surface area contributed by atoms with E-state index in [-0.39, 0.29) is 12.4 Å². The zero-order valence-electron chi connectivity index (χ0n) is 11.7. The molecular formula is C16H18FNO2. The smallest absolute Gasteiger partial charge is 0.133 e. The first-order valence-electron chi connectivity index (χ1n) is 6.41. The van der Waals surface area contributed by atoms with Crippen molar-refractivity contribution in [3.63, 3.8) is 0 Å². The van der Waals surface area contributed by atoms with Crippen molar-refractivity contribution in [2.75, 3.05) is 14.2 Å². The molecule has 4 heteroatoms. The van der Waals surface area contributed by atoms with Gasteiger partial charge in [-0.1, -0.05) is 12.1 Å². The molecule has 2 aromatic carbocycles. The third kappa shape index (κ3) is 3.71. The standard InChI is InChI=1S/C16H18FNO2/c1-18-10-12-4-3-5-15(8-12)20-11-13-6-7-14(19-2)9-16(13)17/h3-9,18H,10-11H2,1-2H3. The van der Waals surface area contributed by atoms with Crippen LogP contribution in [0, 0.1) is 5.82 Å². The van der Waals surface area contributed by atoms with Crippen LogP contribution in [-0.4, -0.2) is 14.2 Å². The largest absolute Gasteiger partial charge is 0.497 e. The molecule has 0 bridgehead atoms. The zero-order valence-corrected chi connectivity index (χ0v) is 11.7. The monoisotopic (exact) mass is 275 g/mol. The minimum Gasteiger partial charge on any atom is -0.497 e. The van der Waals surface area contributed by atoms with Gasteiger partial charge >= 0.3 is 0 Å². The van der Waals surface area contributed by atoms with E-state index in [1.165, 1.54) is 13.2 Å². The first-order valence-corrected chi connectivity index (χ1v) is 6.41. The van der Waals surface area contributed by atoms with Gasteiger partial charge in [-0.3, -0.25) is 0 Å². The molecule has 0 spiro atoms. The maximum atomic E-state index is 13.8. The first kappa shape index (κ1) is 14.3. The van der Waals surface area contributed by atoms with Crippen LogP contribution in [0.2, 0.25) is 0 Å². The topological polar surface area (TPSA) is 30.5 Å². The van der Waals surface area contributed by atoms with Crippen LogP contribution in [0.25, 0.3) is 0 Å². The Morgan fingerprint density at radius 3 is 2.65 bits per heavy atom. The van der Waals surface area contributed by atoms with Gasteiger partial charge in [0.05, 0.1) is 7.11 Å². The van der Waals surface area contributed by atoms with Gasteiger partial charge < -0.3 is 14.8 Å². The van der Waals surface area contributed by atoms with Gasteiger partial charge in [0.25, 0.3) is 0 Å². The van der Waals surface area contributed by atoms with Gasteiger partial charge in [0.15, 0.2) is 0 Å². The molecule has 0 fully saturated rings. The fourth-order valence-corrected chi connectivity index (χ4v) is 1.88. The Hall–Kier alpha value is -2.07. The highest BCUT2D eigenvalue weighted by atomic mass is 19.1. The van der Waals surface area contributed by atoms with E-state index in [1.807, 2.05) is 31.3 Å². The molecule has 0 radical (unpaired) electrons. The normalized spacial score (nSPS) is 10.3. The third-order valence-electron chi connectivity index (χ3n) is 2.93. The number of ether oxygens (including phenoxy) is 2. The lowest BCUT2D eigenvalue weighted by molar-refractivity contribution is 0.299. The molecule has 0 heterocycles. The van der Waals surface area contributed by atoms with E-state index < -0.39 is 0 Å². The molecule has 2 rings (SSSR count). The van der Waals surface area contributed by atoms with E-state index in [9.17, 15) is 4.39 Å². The summed E-state index contributed by atoms with van der Waals surface area (Å²) in [5.41, 5.74) is 1.63. The van der Waals surface area contributed by atoms with E-state index >= 15 is 0 Å². The summed E-state index contributed by atoms with van der Waals surface area (Å²) in [6.07, 6.45) is 0. The minimum atomic E-state index is -0.323. The second-order valence-corrected chi connectivity index (χ2v) is 4.42. The Balaban J connectivity index is 2.03. The molecule has 2 aromatic rings. The molecule has 0 aliphatic rings. The van der Waals surface area contributed by atoms with E-state index in [2.05, 4.69) is 5.32 Å². The number of hydrogen-bond donors (Lipinski definition) is 1. The predicted molar refractivity (Wildman–Crippen MR) is 76.5 cm³/mol. The average Bonchev–Trinajstić information content (AvgIpc) is 2.46. The van der Waals surface area contributed by atoms with Crippen LogP contribution in [-0.2, 0) is 13.2 Å². The summed E-state index contributed by atoms with van der Waals surface area (Å²) in [4.78, 5) is 0. The molecule has 0 aliphatic heterocycles. The first-order chi connectivity index (χ1) is 9.72. The van der Waals surface area contributed by atoms with Crippen LogP contribution in [0.1, 0.15) is 11.1 Å². The van der Waals surface area contributed by atoms with Gasteiger partial charge in [-0.05, 0) is 36.9 Å². The van der Waals surface area contributed by atoms with Crippen LogP contribution in [0.3, 0.4) is 0 Å². The van der Waals surface area contributed by atoms with Crippen molar-refractivity contribution in [1.29, 1.82) is 0 Å². The van der Waals surface area contributed by atoms with E-state index in [0.717, 1.165) is 17.9 Å². The number of rotatable bonds is 6. The quantitative estimate of drug-likeness (QED) is 0.878. The maximum absolute atomic E-state index is 13.8. The second-order valence-electron chi connectivity index (χ2n) is 4.42. The van der Waals surface area contributed by atoms with Gasteiger partial charge in [-0.2, -0.15) is 0 Å². The predicted octanol–water partition coefficient (Wildman–Crippen LogP) is 3.13. The van der Waals surface area contributed by atoms with Crippen molar-refractivity contribution < 1.29 is 13.9 Å². The summed E-state index contributed by atoms with van der Waals surface area (Å²) < 4.78 is 24.4. The van der Waals surface area contributed by atoms with Crippen LogP contribution < -0.4 is 14.8 Å². The van der Waals surface area contributed by atoms with Crippen molar-refractivity contribution in [3.05, 3.63) is 59.4 Å². The lowest BCUT2D eigenvalue weighted by Crippen LogP contribution is -2.05. The highest BCUT2D eigenvalue weighted by Gasteiger charge is 2.05. The highest BCUT2D eigenvalue weighted by molar-refractivity contribution is 5.31. The number of halogens is 1. The van der Waals surface area contributed by atoms with Crippen molar-refractivity contribution in [3.8, 4) is 11.5 Å². The number of hydrogen-bond acceptors (Lipinski definition) is 3. The molecule has 0 saturated heterocycles. The Morgan fingerprint density at radius 1 is 1.10 bits per heavy atom. The minimum absolute atomic E-state index is 0.193. The molecule has 0 atom stereocenters. The van der Waals surface area contributed by atoms with Crippen LogP contribution in [0.4, 0.5) is 4.39 Å². The molecule has 1 N–H and O–H groups in total. The van der Waals surface area contributed by atoms with Gasteiger partial charge in [0.2, 0.25) is 0 Å². The Labute approximate surface area is 118 Å². The van der Waals surface area contributed by atoms with Crippen molar-refractivity contribution >= 4 is 0 Å². The zero-order chi connectivity index (χ0) is 14.4. The van der Waals surface area contributed by atoms with Crippen LogP contribution in [0.15, 0.2) is 42.5 Å². The average molecular weight is 275 g/mol. The SMILES string of the molecule is CNCc1cccc(OCc2ccc(OC)cc2F)c1. The summed E-state index contributed by atoms with van der Waals surface area (Å²) in [5.74, 6) is 0.908. The van der Waals surface area contributed by atoms with Gasteiger partial charge in [-0.15, -0.1) is 0 Å². The summed E-state index contributed by atoms with van der Waals surface area (Å²) in [6, 6.07) is 12.5. The molecule has 0 saturated carbocycles.